The number of carbonyl (C=O) groups excluding carboxylic acids is 3. The Balaban J connectivity index is 4.72. The zero-order valence-electron chi connectivity index (χ0n) is 6.40. The first-order valence-electron chi connectivity index (χ1n) is 3.16. The molecule has 0 aliphatic carbocycles. The van der Waals surface area contributed by atoms with Crippen molar-refractivity contribution in [3.8, 4) is 0 Å². The lowest BCUT2D eigenvalue weighted by Gasteiger charge is -2.01. The molecule has 1 atom stereocenters. The van der Waals surface area contributed by atoms with Crippen LogP contribution in [-0.4, -0.2) is 40.4 Å². The van der Waals surface area contributed by atoms with E-state index in [9.17, 15) is 14.4 Å². The number of carbonyl (C=O) groups is 2. The fourth-order valence-electron chi connectivity index (χ4n) is 0.533. The molecule has 0 amide bonds. The summed E-state index contributed by atoms with van der Waals surface area (Å²) in [5.41, 5.74) is -0.826. The van der Waals surface area contributed by atoms with Gasteiger partial charge in [-0.25, -0.2) is 4.79 Å². The summed E-state index contributed by atoms with van der Waals surface area (Å²) < 4.78 is 0. The SMILES string of the molecule is CC(O)C(=O)C(=C=O)C(=O)CO. The molecule has 0 aliphatic heterocycles. The maximum Gasteiger partial charge on any atom is 0.205 e. The molecule has 0 saturated heterocycles. The second kappa shape index (κ2) is 4.56. The van der Waals surface area contributed by atoms with Crippen LogP contribution < -0.4 is 0 Å². The van der Waals surface area contributed by atoms with Crippen LogP contribution in [-0.2, 0) is 14.4 Å². The molecule has 0 spiro atoms. The average Bonchev–Trinajstić information content (AvgIpc) is 2.05. The minimum Gasteiger partial charge on any atom is -0.388 e. The Morgan fingerprint density at radius 3 is 2.25 bits per heavy atom. The topological polar surface area (TPSA) is 91.7 Å². The normalized spacial score (nSPS) is 11.6. The van der Waals surface area contributed by atoms with Crippen molar-refractivity contribution in [3.63, 3.8) is 0 Å². The molecule has 0 saturated carbocycles. The van der Waals surface area contributed by atoms with E-state index in [0.717, 1.165) is 12.9 Å². The van der Waals surface area contributed by atoms with Gasteiger partial charge >= 0.3 is 0 Å². The van der Waals surface area contributed by atoms with Crippen molar-refractivity contribution in [1.82, 2.24) is 0 Å². The summed E-state index contributed by atoms with van der Waals surface area (Å²) in [7, 11) is 0. The first kappa shape index (κ1) is 10.7. The molecular formula is C7H8O5. The molecule has 0 bridgehead atoms. The molecule has 5 heteroatoms. The van der Waals surface area contributed by atoms with E-state index in [2.05, 4.69) is 0 Å². The largest absolute Gasteiger partial charge is 0.388 e. The maximum atomic E-state index is 10.8. The standard InChI is InChI=1S/C7H8O5/c1-4(10)7(12)5(2-8)6(11)3-9/h4,9-10H,3H2,1H3. The first-order chi connectivity index (χ1) is 5.54. The molecule has 0 aromatic rings. The fourth-order valence-corrected chi connectivity index (χ4v) is 0.533. The molecule has 66 valence electrons. The molecular weight excluding hydrogens is 164 g/mol. The van der Waals surface area contributed by atoms with Gasteiger partial charge in [0, 0.05) is 0 Å². The van der Waals surface area contributed by atoms with Crippen LogP contribution in [0.3, 0.4) is 0 Å². The van der Waals surface area contributed by atoms with Crippen molar-refractivity contribution in [3.05, 3.63) is 5.57 Å². The minimum atomic E-state index is -1.43. The Bertz CT molecular complexity index is 247. The second-order valence-electron chi connectivity index (χ2n) is 2.10. The lowest BCUT2D eigenvalue weighted by Crippen LogP contribution is -2.25. The van der Waals surface area contributed by atoms with Gasteiger partial charge in [-0.15, -0.1) is 0 Å². The molecule has 2 N–H and O–H groups in total. The van der Waals surface area contributed by atoms with Crippen LogP contribution in [0.25, 0.3) is 0 Å². The number of aliphatic hydroxyl groups excluding tert-OH is 2. The number of ketones is 2. The van der Waals surface area contributed by atoms with Gasteiger partial charge < -0.3 is 10.2 Å². The zero-order valence-corrected chi connectivity index (χ0v) is 6.40. The third-order valence-electron chi connectivity index (χ3n) is 1.15. The average molecular weight is 172 g/mol. The van der Waals surface area contributed by atoms with Crippen molar-refractivity contribution >= 4 is 17.5 Å². The van der Waals surface area contributed by atoms with Gasteiger partial charge in [-0.3, -0.25) is 9.59 Å². The van der Waals surface area contributed by atoms with Crippen molar-refractivity contribution in [2.45, 2.75) is 13.0 Å². The number of Topliss-reactive ketones (excluding diaryl/α,β-unsaturated/α-hetero) is 2. The summed E-state index contributed by atoms with van der Waals surface area (Å²) in [6.07, 6.45) is -1.43. The van der Waals surface area contributed by atoms with Crippen LogP contribution in [0.2, 0.25) is 0 Å². The molecule has 0 aromatic heterocycles. The lowest BCUT2D eigenvalue weighted by molar-refractivity contribution is -0.126. The number of aliphatic hydroxyl groups is 2. The van der Waals surface area contributed by atoms with Crippen LogP contribution >= 0.6 is 0 Å². The summed E-state index contributed by atoms with van der Waals surface area (Å²) in [5, 5.41) is 17.0. The number of hydrogen-bond donors (Lipinski definition) is 2. The Labute approximate surface area is 68.3 Å². The van der Waals surface area contributed by atoms with Gasteiger partial charge in [0.2, 0.25) is 11.6 Å². The summed E-state index contributed by atoms with van der Waals surface area (Å²) in [6.45, 7) is 0.174. The van der Waals surface area contributed by atoms with E-state index in [1.807, 2.05) is 0 Å². The van der Waals surface area contributed by atoms with E-state index in [1.165, 1.54) is 0 Å². The van der Waals surface area contributed by atoms with Crippen LogP contribution in [0.4, 0.5) is 0 Å². The van der Waals surface area contributed by atoms with Crippen molar-refractivity contribution in [2.24, 2.45) is 0 Å². The molecule has 0 heterocycles. The highest BCUT2D eigenvalue weighted by molar-refractivity contribution is 6.27. The van der Waals surface area contributed by atoms with Crippen molar-refractivity contribution in [2.75, 3.05) is 6.61 Å². The van der Waals surface area contributed by atoms with E-state index in [0.29, 0.717) is 0 Å². The Hall–Kier alpha value is -1.29. The van der Waals surface area contributed by atoms with E-state index < -0.39 is 29.9 Å². The van der Waals surface area contributed by atoms with Crippen LogP contribution in [0.1, 0.15) is 6.92 Å². The van der Waals surface area contributed by atoms with E-state index >= 15 is 0 Å². The number of rotatable bonds is 4. The third-order valence-corrected chi connectivity index (χ3v) is 1.15. The highest BCUT2D eigenvalue weighted by atomic mass is 16.3. The first-order valence-corrected chi connectivity index (χ1v) is 3.16. The highest BCUT2D eigenvalue weighted by Gasteiger charge is 2.22. The summed E-state index contributed by atoms with van der Waals surface area (Å²) in [4.78, 5) is 31.4. The molecule has 5 nitrogen and oxygen atoms in total. The molecule has 0 fully saturated rings. The fraction of sp³-hybridized carbons (Fsp3) is 0.429. The Morgan fingerprint density at radius 1 is 1.50 bits per heavy atom. The van der Waals surface area contributed by atoms with Crippen LogP contribution in [0.5, 0.6) is 0 Å². The highest BCUT2D eigenvalue weighted by Crippen LogP contribution is 1.97. The summed E-state index contributed by atoms with van der Waals surface area (Å²) in [6, 6.07) is 0. The molecule has 0 rings (SSSR count). The quantitative estimate of drug-likeness (QED) is 0.227. The van der Waals surface area contributed by atoms with Gasteiger partial charge in [0.1, 0.15) is 24.2 Å². The van der Waals surface area contributed by atoms with Crippen LogP contribution in [0.15, 0.2) is 5.57 Å². The predicted molar refractivity (Wildman–Crippen MR) is 38.0 cm³/mol. The van der Waals surface area contributed by atoms with Gasteiger partial charge in [-0.1, -0.05) is 0 Å². The zero-order chi connectivity index (χ0) is 9.72. The summed E-state index contributed by atoms with van der Waals surface area (Å²) >= 11 is 0. The number of hydrogen-bond acceptors (Lipinski definition) is 5. The lowest BCUT2D eigenvalue weighted by atomic mass is 10.1. The monoisotopic (exact) mass is 172 g/mol. The molecule has 0 aliphatic rings. The van der Waals surface area contributed by atoms with E-state index in [4.69, 9.17) is 10.2 Å². The van der Waals surface area contributed by atoms with Gasteiger partial charge in [0.15, 0.2) is 0 Å². The third kappa shape index (κ3) is 2.39. The molecule has 1 unspecified atom stereocenters. The molecule has 12 heavy (non-hydrogen) atoms. The van der Waals surface area contributed by atoms with Gasteiger partial charge in [0.25, 0.3) is 0 Å². The minimum absolute atomic E-state index is 0.826. The van der Waals surface area contributed by atoms with Gasteiger partial charge in [-0.05, 0) is 6.92 Å². The van der Waals surface area contributed by atoms with Crippen molar-refractivity contribution < 1.29 is 24.6 Å². The van der Waals surface area contributed by atoms with Gasteiger partial charge in [0.05, 0.1) is 0 Å². The molecule has 0 aromatic carbocycles. The second-order valence-corrected chi connectivity index (χ2v) is 2.10. The Morgan fingerprint density at radius 2 is 2.00 bits per heavy atom. The summed E-state index contributed by atoms with van der Waals surface area (Å²) in [5.74, 6) is -0.974. The van der Waals surface area contributed by atoms with Crippen LogP contribution in [0, 0.1) is 0 Å². The maximum absolute atomic E-state index is 10.8. The van der Waals surface area contributed by atoms with Gasteiger partial charge in [-0.2, -0.15) is 0 Å². The predicted octanol–water partition coefficient (Wildman–Crippen LogP) is -1.74. The molecule has 0 radical (unpaired) electrons. The van der Waals surface area contributed by atoms with E-state index in [-0.39, 0.29) is 0 Å². The van der Waals surface area contributed by atoms with E-state index in [1.54, 1.807) is 0 Å². The van der Waals surface area contributed by atoms with Crippen molar-refractivity contribution in [1.29, 1.82) is 0 Å². The smallest absolute Gasteiger partial charge is 0.205 e. The Kier molecular flexibility index (Phi) is 4.07.